The van der Waals surface area contributed by atoms with Gasteiger partial charge in [0.05, 0.1) is 0 Å². The second kappa shape index (κ2) is 4.38. The van der Waals surface area contributed by atoms with Crippen LogP contribution in [0.15, 0.2) is 30.5 Å². The molecule has 2 unspecified atom stereocenters. The van der Waals surface area contributed by atoms with Gasteiger partial charge in [0.15, 0.2) is 0 Å². The highest BCUT2D eigenvalue weighted by atomic mass is 14.9. The van der Waals surface area contributed by atoms with Crippen molar-refractivity contribution in [2.75, 3.05) is 0 Å². The summed E-state index contributed by atoms with van der Waals surface area (Å²) in [5.74, 6) is 1.34. The highest BCUT2D eigenvalue weighted by Gasteiger charge is 2.34. The Labute approximate surface area is 125 Å². The minimum absolute atomic E-state index is 0.0754. The van der Waals surface area contributed by atoms with Gasteiger partial charge in [-0.2, -0.15) is 0 Å². The monoisotopic (exact) mass is 279 g/mol. The lowest BCUT2D eigenvalue weighted by atomic mass is 9.74. The largest absolute Gasteiger partial charge is 0.324 e. The molecule has 0 saturated carbocycles. The Balaban J connectivity index is 1.71. The Morgan fingerprint density at radius 1 is 1.19 bits per heavy atom. The van der Waals surface area contributed by atoms with Crippen molar-refractivity contribution in [3.8, 4) is 0 Å². The van der Waals surface area contributed by atoms with Gasteiger partial charge < -0.3 is 5.73 Å². The van der Waals surface area contributed by atoms with Crippen LogP contribution in [0.3, 0.4) is 0 Å². The van der Waals surface area contributed by atoms with Crippen molar-refractivity contribution < 1.29 is 0 Å². The van der Waals surface area contributed by atoms with E-state index in [-0.39, 0.29) is 11.5 Å². The Morgan fingerprint density at radius 3 is 2.81 bits per heavy atom. The number of benzene rings is 1. The molecule has 0 spiro atoms. The Bertz CT molecular complexity index is 705. The van der Waals surface area contributed by atoms with Gasteiger partial charge in [0, 0.05) is 29.4 Å². The van der Waals surface area contributed by atoms with Gasteiger partial charge in [-0.25, -0.2) is 9.97 Å². The average Bonchev–Trinajstić information content (AvgIpc) is 2.38. The third-order valence-electron chi connectivity index (χ3n) is 4.90. The van der Waals surface area contributed by atoms with Gasteiger partial charge in [0.2, 0.25) is 0 Å². The average molecular weight is 279 g/mol. The lowest BCUT2D eigenvalue weighted by Crippen LogP contribution is -2.32. The van der Waals surface area contributed by atoms with Crippen molar-refractivity contribution in [2.24, 2.45) is 11.1 Å². The fraction of sp³-hybridized carbons (Fsp3) is 0.444. The van der Waals surface area contributed by atoms with Crippen LogP contribution in [0.1, 0.15) is 60.4 Å². The topological polar surface area (TPSA) is 51.8 Å². The Kier molecular flexibility index (Phi) is 2.70. The molecular formula is C18H21N3. The van der Waals surface area contributed by atoms with Crippen LogP contribution in [-0.4, -0.2) is 9.97 Å². The third kappa shape index (κ3) is 2.07. The SMILES string of the molecule is CC1(C)Cc2nc(C3Cc4ccccc43)ncc2C(N)C1. The molecule has 2 aromatic rings. The summed E-state index contributed by atoms with van der Waals surface area (Å²) in [6.07, 6.45) is 5.04. The second-order valence-corrected chi connectivity index (χ2v) is 7.24. The van der Waals surface area contributed by atoms with Crippen LogP contribution in [-0.2, 0) is 12.8 Å². The predicted octanol–water partition coefficient (Wildman–Crippen LogP) is 3.14. The number of hydrogen-bond donors (Lipinski definition) is 1. The van der Waals surface area contributed by atoms with Crippen molar-refractivity contribution in [1.82, 2.24) is 9.97 Å². The van der Waals surface area contributed by atoms with Crippen LogP contribution in [0.25, 0.3) is 0 Å². The molecule has 1 aromatic carbocycles. The summed E-state index contributed by atoms with van der Waals surface area (Å²) >= 11 is 0. The zero-order valence-electron chi connectivity index (χ0n) is 12.6. The zero-order chi connectivity index (χ0) is 14.6. The molecule has 0 radical (unpaired) electrons. The Morgan fingerprint density at radius 2 is 2.00 bits per heavy atom. The molecule has 4 rings (SSSR count). The van der Waals surface area contributed by atoms with Crippen LogP contribution in [0.4, 0.5) is 0 Å². The molecule has 0 amide bonds. The number of rotatable bonds is 1. The molecule has 2 atom stereocenters. The van der Waals surface area contributed by atoms with Gasteiger partial charge in [0.1, 0.15) is 5.82 Å². The molecule has 0 aliphatic heterocycles. The lowest BCUT2D eigenvalue weighted by molar-refractivity contribution is 0.277. The molecule has 2 aliphatic carbocycles. The quantitative estimate of drug-likeness (QED) is 0.872. The van der Waals surface area contributed by atoms with Crippen molar-refractivity contribution >= 4 is 0 Å². The normalized spacial score (nSPS) is 25.7. The van der Waals surface area contributed by atoms with Crippen molar-refractivity contribution in [2.45, 2.75) is 45.1 Å². The molecule has 2 N–H and O–H groups in total. The van der Waals surface area contributed by atoms with E-state index in [4.69, 9.17) is 10.7 Å². The van der Waals surface area contributed by atoms with E-state index in [2.05, 4.69) is 43.1 Å². The summed E-state index contributed by atoms with van der Waals surface area (Å²) < 4.78 is 0. The van der Waals surface area contributed by atoms with Gasteiger partial charge in [-0.1, -0.05) is 38.1 Å². The molecule has 3 heteroatoms. The van der Waals surface area contributed by atoms with Crippen molar-refractivity contribution in [3.63, 3.8) is 0 Å². The number of nitrogens with zero attached hydrogens (tertiary/aromatic N) is 2. The molecule has 1 aromatic heterocycles. The third-order valence-corrected chi connectivity index (χ3v) is 4.90. The Hall–Kier alpha value is -1.74. The maximum Gasteiger partial charge on any atom is 0.136 e. The summed E-state index contributed by atoms with van der Waals surface area (Å²) in [6.45, 7) is 4.55. The summed E-state index contributed by atoms with van der Waals surface area (Å²) in [4.78, 5) is 9.51. The minimum Gasteiger partial charge on any atom is -0.324 e. The van der Waals surface area contributed by atoms with E-state index in [1.54, 1.807) is 0 Å². The standard InChI is InChI=1S/C18H21N3/c1-18(2)8-15(19)14-10-20-17(21-16(14)9-18)13-7-11-5-3-4-6-12(11)13/h3-6,10,13,15H,7-9,19H2,1-2H3. The fourth-order valence-corrected chi connectivity index (χ4v) is 3.78. The minimum atomic E-state index is 0.0754. The highest BCUT2D eigenvalue weighted by molar-refractivity contribution is 5.44. The first-order valence-corrected chi connectivity index (χ1v) is 7.73. The summed E-state index contributed by atoms with van der Waals surface area (Å²) in [7, 11) is 0. The molecule has 3 nitrogen and oxygen atoms in total. The van der Waals surface area contributed by atoms with Crippen LogP contribution in [0.2, 0.25) is 0 Å². The molecule has 2 aliphatic rings. The zero-order valence-corrected chi connectivity index (χ0v) is 12.6. The van der Waals surface area contributed by atoms with Gasteiger partial charge in [-0.3, -0.25) is 0 Å². The van der Waals surface area contributed by atoms with E-state index >= 15 is 0 Å². The van der Waals surface area contributed by atoms with E-state index in [1.165, 1.54) is 11.1 Å². The summed E-state index contributed by atoms with van der Waals surface area (Å²) in [5, 5.41) is 0. The van der Waals surface area contributed by atoms with Crippen LogP contribution < -0.4 is 5.73 Å². The molecule has 1 heterocycles. The second-order valence-electron chi connectivity index (χ2n) is 7.24. The molecule has 0 fully saturated rings. The molecular weight excluding hydrogens is 258 g/mol. The van der Waals surface area contributed by atoms with E-state index in [1.807, 2.05) is 6.20 Å². The fourth-order valence-electron chi connectivity index (χ4n) is 3.78. The number of hydrogen-bond acceptors (Lipinski definition) is 3. The van der Waals surface area contributed by atoms with Crippen LogP contribution in [0.5, 0.6) is 0 Å². The summed E-state index contributed by atoms with van der Waals surface area (Å²) in [5.41, 5.74) is 11.6. The van der Waals surface area contributed by atoms with E-state index < -0.39 is 0 Å². The first kappa shape index (κ1) is 13.0. The smallest absolute Gasteiger partial charge is 0.136 e. The first-order valence-electron chi connectivity index (χ1n) is 7.73. The molecule has 0 saturated heterocycles. The van der Waals surface area contributed by atoms with Crippen LogP contribution in [0, 0.1) is 5.41 Å². The maximum absolute atomic E-state index is 6.29. The number of nitrogens with two attached hydrogens (primary N) is 1. The molecule has 21 heavy (non-hydrogen) atoms. The summed E-state index contributed by atoms with van der Waals surface area (Å²) in [6, 6.07) is 8.67. The predicted molar refractivity (Wildman–Crippen MR) is 83.1 cm³/mol. The van der Waals surface area contributed by atoms with Gasteiger partial charge >= 0.3 is 0 Å². The van der Waals surface area contributed by atoms with E-state index in [9.17, 15) is 0 Å². The number of fused-ring (bicyclic) bond motifs is 2. The first-order chi connectivity index (χ1) is 10.0. The highest BCUT2D eigenvalue weighted by Crippen LogP contribution is 2.41. The van der Waals surface area contributed by atoms with Gasteiger partial charge in [-0.05, 0) is 35.8 Å². The maximum atomic E-state index is 6.29. The van der Waals surface area contributed by atoms with Gasteiger partial charge in [0.25, 0.3) is 0 Å². The molecule has 0 bridgehead atoms. The van der Waals surface area contributed by atoms with E-state index in [0.29, 0.717) is 5.92 Å². The van der Waals surface area contributed by atoms with Crippen molar-refractivity contribution in [1.29, 1.82) is 0 Å². The lowest BCUT2D eigenvalue weighted by Gasteiger charge is -2.35. The van der Waals surface area contributed by atoms with E-state index in [0.717, 1.165) is 36.3 Å². The van der Waals surface area contributed by atoms with Gasteiger partial charge in [-0.15, -0.1) is 0 Å². The number of aromatic nitrogens is 2. The molecule has 108 valence electrons. The van der Waals surface area contributed by atoms with Crippen molar-refractivity contribution in [3.05, 3.63) is 58.7 Å². The van der Waals surface area contributed by atoms with Crippen LogP contribution >= 0.6 is 0 Å².